The van der Waals surface area contributed by atoms with Gasteiger partial charge in [0.25, 0.3) is 0 Å². The molecule has 0 aliphatic heterocycles. The van der Waals surface area contributed by atoms with E-state index in [-0.39, 0.29) is 11.5 Å². The van der Waals surface area contributed by atoms with Gasteiger partial charge >= 0.3 is 0 Å². The maximum absolute atomic E-state index is 11.9. The smallest absolute Gasteiger partial charge is 0.249 e. The first-order valence-corrected chi connectivity index (χ1v) is 7.42. The summed E-state index contributed by atoms with van der Waals surface area (Å²) in [5, 5.41) is 17.2. The average molecular weight is 317 g/mol. The van der Waals surface area contributed by atoms with Crippen LogP contribution in [0.25, 0.3) is 16.7 Å². The van der Waals surface area contributed by atoms with Gasteiger partial charge in [-0.15, -0.1) is 0 Å². The summed E-state index contributed by atoms with van der Waals surface area (Å²) in [5.41, 5.74) is 2.14. The molecule has 0 aliphatic rings. The number of nitrogens with zero attached hydrogens (tertiary/aromatic N) is 4. The number of nitrogens with one attached hydrogen (secondary N) is 1. The number of anilines is 1. The van der Waals surface area contributed by atoms with Gasteiger partial charge in [-0.1, -0.05) is 24.3 Å². The van der Waals surface area contributed by atoms with Crippen molar-refractivity contribution < 1.29 is 4.79 Å². The van der Waals surface area contributed by atoms with Crippen LogP contribution in [0.3, 0.4) is 0 Å². The van der Waals surface area contributed by atoms with Gasteiger partial charge in [-0.2, -0.15) is 15.0 Å². The molecule has 6 nitrogen and oxygen atoms in total. The summed E-state index contributed by atoms with van der Waals surface area (Å²) < 4.78 is 1.47. The standard InChI is InChI=1S/C18H15N5O/c1-3-6-17(24)22-18-13(10-19)11-20-23(18)16-9-12(2)14-7-4-5-8-15(14)21-16/h3-9,11H,1-2H3,(H,22,24)/b6-3+. The minimum Gasteiger partial charge on any atom is -0.306 e. The van der Waals surface area contributed by atoms with Crippen molar-refractivity contribution in [2.24, 2.45) is 0 Å². The number of allylic oxidation sites excluding steroid dienone is 1. The maximum Gasteiger partial charge on any atom is 0.249 e. The molecule has 118 valence electrons. The fourth-order valence-electron chi connectivity index (χ4n) is 2.47. The van der Waals surface area contributed by atoms with Gasteiger partial charge in [0.05, 0.1) is 11.7 Å². The molecular weight excluding hydrogens is 302 g/mol. The molecule has 3 rings (SSSR count). The average Bonchev–Trinajstić information content (AvgIpc) is 2.97. The van der Waals surface area contributed by atoms with E-state index in [1.54, 1.807) is 13.0 Å². The number of carbonyl (C=O) groups excluding carboxylic acids is 1. The Kier molecular flexibility index (Phi) is 4.08. The van der Waals surface area contributed by atoms with Crippen LogP contribution in [0.15, 0.2) is 48.7 Å². The normalized spacial score (nSPS) is 10.9. The van der Waals surface area contributed by atoms with Crippen LogP contribution in [0.5, 0.6) is 0 Å². The molecule has 0 saturated carbocycles. The lowest BCUT2D eigenvalue weighted by Gasteiger charge is -2.10. The summed E-state index contributed by atoms with van der Waals surface area (Å²) in [5.74, 6) is 0.527. The zero-order valence-corrected chi connectivity index (χ0v) is 13.3. The Morgan fingerprint density at radius 1 is 1.38 bits per heavy atom. The van der Waals surface area contributed by atoms with Gasteiger partial charge in [0.2, 0.25) is 5.91 Å². The van der Waals surface area contributed by atoms with Crippen LogP contribution < -0.4 is 5.32 Å². The molecule has 2 heterocycles. The zero-order chi connectivity index (χ0) is 17.1. The molecule has 0 atom stereocenters. The van der Waals surface area contributed by atoms with E-state index >= 15 is 0 Å². The summed E-state index contributed by atoms with van der Waals surface area (Å²) in [7, 11) is 0. The van der Waals surface area contributed by atoms with Crippen LogP contribution in [0.2, 0.25) is 0 Å². The summed E-state index contributed by atoms with van der Waals surface area (Å²) in [6, 6.07) is 11.7. The number of pyridine rings is 1. The van der Waals surface area contributed by atoms with Crippen LogP contribution in [-0.2, 0) is 4.79 Å². The van der Waals surface area contributed by atoms with Crippen molar-refractivity contribution in [1.29, 1.82) is 5.26 Å². The van der Waals surface area contributed by atoms with Crippen molar-refractivity contribution in [3.63, 3.8) is 0 Å². The number of rotatable bonds is 3. The van der Waals surface area contributed by atoms with E-state index in [9.17, 15) is 10.1 Å². The summed E-state index contributed by atoms with van der Waals surface area (Å²) in [6.45, 7) is 3.73. The van der Waals surface area contributed by atoms with Crippen molar-refractivity contribution in [3.05, 3.63) is 59.8 Å². The second-order valence-corrected chi connectivity index (χ2v) is 5.23. The Labute approximate surface area is 139 Å². The molecule has 0 aliphatic carbocycles. The van der Waals surface area contributed by atoms with E-state index in [1.165, 1.54) is 17.0 Å². The number of aromatic nitrogens is 3. The lowest BCUT2D eigenvalue weighted by Crippen LogP contribution is -2.14. The molecule has 0 spiro atoms. The maximum atomic E-state index is 11.9. The second-order valence-electron chi connectivity index (χ2n) is 5.23. The van der Waals surface area contributed by atoms with Gasteiger partial charge in [-0.3, -0.25) is 4.79 Å². The highest BCUT2D eigenvalue weighted by atomic mass is 16.1. The van der Waals surface area contributed by atoms with Crippen molar-refractivity contribution in [2.45, 2.75) is 13.8 Å². The van der Waals surface area contributed by atoms with Crippen LogP contribution >= 0.6 is 0 Å². The van der Waals surface area contributed by atoms with E-state index in [4.69, 9.17) is 0 Å². The first-order valence-electron chi connectivity index (χ1n) is 7.42. The molecule has 0 unspecified atom stereocenters. The largest absolute Gasteiger partial charge is 0.306 e. The molecule has 1 aromatic carbocycles. The van der Waals surface area contributed by atoms with E-state index in [0.717, 1.165) is 16.5 Å². The van der Waals surface area contributed by atoms with Crippen molar-refractivity contribution in [3.8, 4) is 11.9 Å². The van der Waals surface area contributed by atoms with Crippen molar-refractivity contribution in [1.82, 2.24) is 14.8 Å². The molecule has 0 radical (unpaired) electrons. The van der Waals surface area contributed by atoms with Gasteiger partial charge < -0.3 is 5.32 Å². The predicted octanol–water partition coefficient (Wildman–Crippen LogP) is 3.12. The highest BCUT2D eigenvalue weighted by molar-refractivity contribution is 5.99. The number of benzene rings is 1. The van der Waals surface area contributed by atoms with Crippen molar-refractivity contribution >= 4 is 22.6 Å². The molecule has 1 N–H and O–H groups in total. The second kappa shape index (κ2) is 6.34. The lowest BCUT2D eigenvalue weighted by atomic mass is 10.1. The number of hydrogen-bond donors (Lipinski definition) is 1. The molecule has 0 saturated heterocycles. The number of para-hydroxylation sites is 1. The van der Waals surface area contributed by atoms with Gasteiger partial charge in [0.15, 0.2) is 11.6 Å². The Balaban J connectivity index is 2.15. The minimum atomic E-state index is -0.326. The number of nitriles is 1. The topological polar surface area (TPSA) is 83.6 Å². The third-order valence-corrected chi connectivity index (χ3v) is 3.58. The third-order valence-electron chi connectivity index (χ3n) is 3.58. The predicted molar refractivity (Wildman–Crippen MR) is 91.8 cm³/mol. The number of fused-ring (bicyclic) bond motifs is 1. The highest BCUT2D eigenvalue weighted by Gasteiger charge is 2.15. The van der Waals surface area contributed by atoms with Crippen molar-refractivity contribution in [2.75, 3.05) is 5.32 Å². The lowest BCUT2D eigenvalue weighted by molar-refractivity contribution is -0.111. The molecule has 3 aromatic rings. The van der Waals surface area contributed by atoms with Gasteiger partial charge in [0.1, 0.15) is 11.6 Å². The summed E-state index contributed by atoms with van der Waals surface area (Å²) in [4.78, 5) is 16.5. The summed E-state index contributed by atoms with van der Waals surface area (Å²) >= 11 is 0. The van der Waals surface area contributed by atoms with E-state index in [2.05, 4.69) is 15.4 Å². The Morgan fingerprint density at radius 3 is 2.92 bits per heavy atom. The Hall–Kier alpha value is -3.46. The van der Waals surface area contributed by atoms with Gasteiger partial charge in [-0.05, 0) is 37.6 Å². The highest BCUT2D eigenvalue weighted by Crippen LogP contribution is 2.23. The monoisotopic (exact) mass is 317 g/mol. The Bertz CT molecular complexity index is 994. The fourth-order valence-corrected chi connectivity index (χ4v) is 2.47. The van der Waals surface area contributed by atoms with E-state index < -0.39 is 0 Å². The Morgan fingerprint density at radius 2 is 2.17 bits per heavy atom. The van der Waals surface area contributed by atoms with Crippen LogP contribution in [-0.4, -0.2) is 20.7 Å². The molecule has 24 heavy (non-hydrogen) atoms. The first-order chi connectivity index (χ1) is 11.6. The number of amides is 1. The fraction of sp³-hybridized carbons (Fsp3) is 0.111. The molecule has 6 heteroatoms. The van der Waals surface area contributed by atoms with Crippen LogP contribution in [0, 0.1) is 18.3 Å². The number of carbonyl (C=O) groups is 1. The van der Waals surface area contributed by atoms with Gasteiger partial charge in [-0.25, -0.2) is 4.98 Å². The molecule has 0 bridgehead atoms. The molecule has 0 fully saturated rings. The molecular formula is C18H15N5O. The SMILES string of the molecule is C/C=C/C(=O)Nc1c(C#N)cnn1-c1cc(C)c2ccccc2n1. The van der Waals surface area contributed by atoms with E-state index in [1.807, 2.05) is 43.3 Å². The minimum absolute atomic E-state index is 0.278. The molecule has 2 aromatic heterocycles. The van der Waals surface area contributed by atoms with Crippen LogP contribution in [0.4, 0.5) is 5.82 Å². The van der Waals surface area contributed by atoms with E-state index in [0.29, 0.717) is 11.6 Å². The third kappa shape index (κ3) is 2.75. The number of aryl methyl sites for hydroxylation is 1. The van der Waals surface area contributed by atoms with Gasteiger partial charge in [0, 0.05) is 5.39 Å². The number of hydrogen-bond acceptors (Lipinski definition) is 4. The zero-order valence-electron chi connectivity index (χ0n) is 13.3. The quantitative estimate of drug-likeness (QED) is 0.752. The summed E-state index contributed by atoms with van der Waals surface area (Å²) in [6.07, 6.45) is 4.43. The first kappa shape index (κ1) is 15.4. The molecule has 1 amide bonds. The van der Waals surface area contributed by atoms with Crippen LogP contribution in [0.1, 0.15) is 18.1 Å².